The number of hydrogen-bond donors (Lipinski definition) is 0. The smallest absolute Gasteiger partial charge is 0.258 e. The second-order valence-corrected chi connectivity index (χ2v) is 5.33. The normalized spacial score (nSPS) is 13.7. The first-order valence-corrected chi connectivity index (χ1v) is 7.26. The van der Waals surface area contributed by atoms with E-state index in [0.717, 1.165) is 33.7 Å². The molecule has 0 amide bonds. The van der Waals surface area contributed by atoms with Crippen LogP contribution < -0.4 is 0 Å². The third-order valence-electron chi connectivity index (χ3n) is 3.94. The molecule has 110 valence electrons. The van der Waals surface area contributed by atoms with Crippen molar-refractivity contribution in [3.63, 3.8) is 0 Å². The molecule has 1 aliphatic carbocycles. The van der Waals surface area contributed by atoms with Crippen LogP contribution in [-0.2, 0) is 0 Å². The lowest BCUT2D eigenvalue weighted by atomic mass is 10.1. The number of rotatable bonds is 2. The van der Waals surface area contributed by atoms with Crippen molar-refractivity contribution in [1.82, 2.24) is 0 Å². The van der Waals surface area contributed by atoms with Crippen LogP contribution in [0.5, 0.6) is 0 Å². The number of nitrogens with zero attached hydrogens (tertiary/aromatic N) is 2. The fourth-order valence-corrected chi connectivity index (χ4v) is 2.90. The van der Waals surface area contributed by atoms with Gasteiger partial charge < -0.3 is 0 Å². The van der Waals surface area contributed by atoms with Crippen LogP contribution in [0.1, 0.15) is 11.1 Å². The summed E-state index contributed by atoms with van der Waals surface area (Å²) in [4.78, 5) is 15.5. The number of hydrogen-bond acceptors (Lipinski definition) is 3. The third kappa shape index (κ3) is 2.21. The molecule has 0 heterocycles. The predicted molar refractivity (Wildman–Crippen MR) is 90.3 cm³/mol. The van der Waals surface area contributed by atoms with Gasteiger partial charge in [-0.3, -0.25) is 10.1 Å². The number of benzene rings is 3. The van der Waals surface area contributed by atoms with Crippen LogP contribution in [-0.4, -0.2) is 10.6 Å². The number of nitro benzene ring substituents is 1. The molecule has 0 atom stereocenters. The molecular formula is C19H12N2O2. The van der Waals surface area contributed by atoms with E-state index in [0.29, 0.717) is 0 Å². The molecule has 0 radical (unpaired) electrons. The van der Waals surface area contributed by atoms with E-state index in [1.807, 2.05) is 54.6 Å². The molecule has 3 aromatic carbocycles. The topological polar surface area (TPSA) is 55.5 Å². The molecule has 23 heavy (non-hydrogen) atoms. The van der Waals surface area contributed by atoms with Gasteiger partial charge in [0.2, 0.25) is 0 Å². The van der Waals surface area contributed by atoms with Crippen molar-refractivity contribution in [2.75, 3.05) is 0 Å². The molecule has 0 fully saturated rings. The van der Waals surface area contributed by atoms with Crippen molar-refractivity contribution >= 4 is 17.1 Å². The Morgan fingerprint density at radius 2 is 1.39 bits per heavy atom. The van der Waals surface area contributed by atoms with Crippen molar-refractivity contribution in [1.29, 1.82) is 0 Å². The van der Waals surface area contributed by atoms with Crippen molar-refractivity contribution in [2.45, 2.75) is 0 Å². The fraction of sp³-hybridized carbons (Fsp3) is 0. The Hall–Kier alpha value is -3.27. The van der Waals surface area contributed by atoms with Crippen LogP contribution in [0.2, 0.25) is 0 Å². The SMILES string of the molecule is O=[N+]([O-])c1ccc2c(c1)C(=Nc1ccccc1)c1ccccc1-2. The van der Waals surface area contributed by atoms with Gasteiger partial charge in [0.1, 0.15) is 0 Å². The molecule has 0 unspecified atom stereocenters. The zero-order valence-corrected chi connectivity index (χ0v) is 12.1. The van der Waals surface area contributed by atoms with E-state index in [4.69, 9.17) is 4.99 Å². The summed E-state index contributed by atoms with van der Waals surface area (Å²) in [5.41, 5.74) is 5.56. The second-order valence-electron chi connectivity index (χ2n) is 5.33. The maximum atomic E-state index is 11.1. The van der Waals surface area contributed by atoms with Gasteiger partial charge in [-0.25, -0.2) is 4.99 Å². The minimum atomic E-state index is -0.372. The van der Waals surface area contributed by atoms with Crippen molar-refractivity contribution in [2.24, 2.45) is 4.99 Å². The lowest BCUT2D eigenvalue weighted by Crippen LogP contribution is -1.98. The average molecular weight is 300 g/mol. The van der Waals surface area contributed by atoms with Crippen molar-refractivity contribution in [3.05, 3.63) is 94.0 Å². The molecular weight excluding hydrogens is 288 g/mol. The van der Waals surface area contributed by atoms with Gasteiger partial charge in [-0.1, -0.05) is 42.5 Å². The lowest BCUT2D eigenvalue weighted by molar-refractivity contribution is -0.384. The van der Waals surface area contributed by atoms with E-state index < -0.39 is 0 Å². The summed E-state index contributed by atoms with van der Waals surface area (Å²) in [5, 5.41) is 11.1. The number of non-ortho nitro benzene ring substituents is 1. The van der Waals surface area contributed by atoms with Crippen LogP contribution in [0.3, 0.4) is 0 Å². The molecule has 1 aliphatic rings. The summed E-state index contributed by atoms with van der Waals surface area (Å²) in [5.74, 6) is 0. The van der Waals surface area contributed by atoms with Crippen molar-refractivity contribution in [3.8, 4) is 11.1 Å². The molecule has 0 N–H and O–H groups in total. The van der Waals surface area contributed by atoms with Gasteiger partial charge in [-0.15, -0.1) is 0 Å². The maximum absolute atomic E-state index is 11.1. The van der Waals surface area contributed by atoms with Crippen LogP contribution in [0.25, 0.3) is 11.1 Å². The van der Waals surface area contributed by atoms with Gasteiger partial charge in [0.25, 0.3) is 5.69 Å². The van der Waals surface area contributed by atoms with Gasteiger partial charge in [-0.2, -0.15) is 0 Å². The van der Waals surface area contributed by atoms with Crippen LogP contribution in [0.15, 0.2) is 77.8 Å². The maximum Gasteiger partial charge on any atom is 0.270 e. The number of nitro groups is 1. The largest absolute Gasteiger partial charge is 0.270 e. The Morgan fingerprint density at radius 1 is 0.739 bits per heavy atom. The third-order valence-corrected chi connectivity index (χ3v) is 3.94. The van der Waals surface area contributed by atoms with E-state index in [1.54, 1.807) is 18.2 Å². The van der Waals surface area contributed by atoms with Crippen LogP contribution in [0, 0.1) is 10.1 Å². The lowest BCUT2D eigenvalue weighted by Gasteiger charge is -2.02. The molecule has 0 spiro atoms. The molecule has 0 aromatic heterocycles. The first-order chi connectivity index (χ1) is 11.2. The minimum absolute atomic E-state index is 0.0808. The van der Waals surface area contributed by atoms with Crippen molar-refractivity contribution < 1.29 is 4.92 Å². The molecule has 0 aliphatic heterocycles. The van der Waals surface area contributed by atoms with Crippen LogP contribution >= 0.6 is 0 Å². The number of fused-ring (bicyclic) bond motifs is 3. The number of aliphatic imine (C=N–C) groups is 1. The summed E-state index contributed by atoms with van der Waals surface area (Å²) in [6, 6.07) is 22.5. The Labute approximate surface area is 132 Å². The van der Waals surface area contributed by atoms with Gasteiger partial charge in [0.05, 0.1) is 16.3 Å². The first kappa shape index (κ1) is 13.4. The Balaban J connectivity index is 1.98. The fourth-order valence-electron chi connectivity index (χ4n) is 2.90. The Kier molecular flexibility index (Phi) is 3.01. The van der Waals surface area contributed by atoms with E-state index >= 15 is 0 Å². The van der Waals surface area contributed by atoms with E-state index in [-0.39, 0.29) is 10.6 Å². The monoisotopic (exact) mass is 300 g/mol. The highest BCUT2D eigenvalue weighted by Crippen LogP contribution is 2.39. The average Bonchev–Trinajstić information content (AvgIpc) is 2.90. The first-order valence-electron chi connectivity index (χ1n) is 7.26. The van der Waals surface area contributed by atoms with Gasteiger partial charge >= 0.3 is 0 Å². The number of para-hydroxylation sites is 1. The summed E-state index contributed by atoms with van der Waals surface area (Å²) >= 11 is 0. The van der Waals surface area contributed by atoms with Gasteiger partial charge in [-0.05, 0) is 29.3 Å². The molecule has 0 bridgehead atoms. The molecule has 4 nitrogen and oxygen atoms in total. The molecule has 0 saturated carbocycles. The highest BCUT2D eigenvalue weighted by atomic mass is 16.6. The highest BCUT2D eigenvalue weighted by molar-refractivity contribution is 6.25. The Bertz CT molecular complexity index is 947. The zero-order valence-electron chi connectivity index (χ0n) is 12.1. The molecule has 4 heteroatoms. The summed E-state index contributed by atoms with van der Waals surface area (Å²) in [6.07, 6.45) is 0. The molecule has 0 saturated heterocycles. The summed E-state index contributed by atoms with van der Waals surface area (Å²) in [6.45, 7) is 0. The van der Waals surface area contributed by atoms with E-state index in [9.17, 15) is 10.1 Å². The zero-order chi connectivity index (χ0) is 15.8. The standard InChI is InChI=1S/C19H12N2O2/c22-21(23)14-10-11-16-15-8-4-5-9-17(15)19(18(16)12-14)20-13-6-2-1-3-7-13/h1-12H. The van der Waals surface area contributed by atoms with Gasteiger partial charge in [0, 0.05) is 23.3 Å². The minimum Gasteiger partial charge on any atom is -0.258 e. The molecule has 4 rings (SSSR count). The van der Waals surface area contributed by atoms with Crippen LogP contribution in [0.4, 0.5) is 11.4 Å². The van der Waals surface area contributed by atoms with E-state index in [2.05, 4.69) is 0 Å². The molecule has 3 aromatic rings. The quantitative estimate of drug-likeness (QED) is 0.396. The van der Waals surface area contributed by atoms with Gasteiger partial charge in [0.15, 0.2) is 0 Å². The summed E-state index contributed by atoms with van der Waals surface area (Å²) < 4.78 is 0. The van der Waals surface area contributed by atoms with E-state index in [1.165, 1.54) is 0 Å². The predicted octanol–water partition coefficient (Wildman–Crippen LogP) is 4.74. The highest BCUT2D eigenvalue weighted by Gasteiger charge is 2.26. The summed E-state index contributed by atoms with van der Waals surface area (Å²) in [7, 11) is 0. The second kappa shape index (κ2) is 5.18. The Morgan fingerprint density at radius 3 is 2.13 bits per heavy atom.